The van der Waals surface area contributed by atoms with Gasteiger partial charge >= 0.3 is 0 Å². The summed E-state index contributed by atoms with van der Waals surface area (Å²) in [5.74, 6) is -0.0220. The molecule has 1 aliphatic heterocycles. The first kappa shape index (κ1) is 17.7. The third-order valence-electron chi connectivity index (χ3n) is 4.66. The van der Waals surface area contributed by atoms with Gasteiger partial charge in [0, 0.05) is 37.6 Å². The van der Waals surface area contributed by atoms with E-state index in [-0.39, 0.29) is 12.0 Å². The molecule has 0 unspecified atom stereocenters. The number of rotatable bonds is 7. The number of carbonyl (C=O) groups excluding carboxylic acids is 1. The predicted molar refractivity (Wildman–Crippen MR) is 98.6 cm³/mol. The van der Waals surface area contributed by atoms with E-state index in [2.05, 4.69) is 14.8 Å². The summed E-state index contributed by atoms with van der Waals surface area (Å²) in [6.45, 7) is 4.21. The molecule has 1 saturated heterocycles. The van der Waals surface area contributed by atoms with Crippen molar-refractivity contribution in [3.05, 3.63) is 59.9 Å². The van der Waals surface area contributed by atoms with Crippen LogP contribution < -0.4 is 5.32 Å². The number of carbonyl (C=O) groups is 1. The average molecular weight is 341 g/mol. The standard InChI is InChI=1S/C20H27N3O2/c24-19-5-3-13-23(16-19)14-4-10-21-20(25)18-8-6-17(7-9-18)15-22-11-1-2-12-22/h1-2,6-9,11-12,19,24H,3-5,10,13-16H2,(H,21,25)/t19-/m0/s1. The normalized spacial score (nSPS) is 18.2. The van der Waals surface area contributed by atoms with E-state index in [0.29, 0.717) is 12.1 Å². The van der Waals surface area contributed by atoms with Crippen molar-refractivity contribution < 1.29 is 9.90 Å². The van der Waals surface area contributed by atoms with Gasteiger partial charge < -0.3 is 19.9 Å². The second kappa shape index (κ2) is 8.83. The Labute approximate surface area is 149 Å². The monoisotopic (exact) mass is 341 g/mol. The summed E-state index contributed by atoms with van der Waals surface area (Å²) in [7, 11) is 0. The Morgan fingerprint density at radius 1 is 1.20 bits per heavy atom. The molecule has 1 aliphatic rings. The van der Waals surface area contributed by atoms with Crippen LogP contribution in [0.25, 0.3) is 0 Å². The number of aliphatic hydroxyl groups excluding tert-OH is 1. The highest BCUT2D eigenvalue weighted by atomic mass is 16.3. The highest BCUT2D eigenvalue weighted by Gasteiger charge is 2.16. The molecule has 0 radical (unpaired) electrons. The first-order valence-corrected chi connectivity index (χ1v) is 9.09. The van der Waals surface area contributed by atoms with Crippen LogP contribution in [0.5, 0.6) is 0 Å². The number of nitrogens with one attached hydrogen (secondary N) is 1. The van der Waals surface area contributed by atoms with E-state index in [1.54, 1.807) is 0 Å². The summed E-state index contributed by atoms with van der Waals surface area (Å²) in [6, 6.07) is 11.8. The van der Waals surface area contributed by atoms with Gasteiger partial charge in [-0.2, -0.15) is 0 Å². The molecule has 0 aliphatic carbocycles. The number of amides is 1. The van der Waals surface area contributed by atoms with Crippen LogP contribution in [-0.2, 0) is 6.54 Å². The van der Waals surface area contributed by atoms with Crippen molar-refractivity contribution in [1.82, 2.24) is 14.8 Å². The number of hydrogen-bond acceptors (Lipinski definition) is 3. The third kappa shape index (κ3) is 5.44. The van der Waals surface area contributed by atoms with Crippen LogP contribution in [0.15, 0.2) is 48.8 Å². The van der Waals surface area contributed by atoms with Gasteiger partial charge in [0.1, 0.15) is 0 Å². The summed E-state index contributed by atoms with van der Waals surface area (Å²) >= 11 is 0. The zero-order valence-corrected chi connectivity index (χ0v) is 14.6. The minimum atomic E-state index is -0.187. The van der Waals surface area contributed by atoms with Gasteiger partial charge in [0.2, 0.25) is 0 Å². The van der Waals surface area contributed by atoms with E-state index in [1.807, 2.05) is 48.8 Å². The number of benzene rings is 1. The van der Waals surface area contributed by atoms with Crippen LogP contribution in [0.1, 0.15) is 35.2 Å². The maximum Gasteiger partial charge on any atom is 0.251 e. The SMILES string of the molecule is O=C(NCCCN1CCC[C@H](O)C1)c1ccc(Cn2cccc2)cc1. The van der Waals surface area contributed by atoms with E-state index in [4.69, 9.17) is 0 Å². The Hall–Kier alpha value is -2.11. The molecule has 2 heterocycles. The highest BCUT2D eigenvalue weighted by Crippen LogP contribution is 2.10. The van der Waals surface area contributed by atoms with Crippen LogP contribution in [-0.4, -0.2) is 52.8 Å². The minimum Gasteiger partial charge on any atom is -0.392 e. The molecule has 2 N–H and O–H groups in total. The molecule has 1 aromatic carbocycles. The average Bonchev–Trinajstić information content (AvgIpc) is 3.12. The Bertz CT molecular complexity index is 652. The number of nitrogens with zero attached hydrogens (tertiary/aromatic N) is 2. The molecule has 2 aromatic rings. The van der Waals surface area contributed by atoms with Gasteiger partial charge in [-0.3, -0.25) is 4.79 Å². The van der Waals surface area contributed by atoms with Crippen LogP contribution in [0.3, 0.4) is 0 Å². The minimum absolute atomic E-state index is 0.0220. The van der Waals surface area contributed by atoms with E-state index >= 15 is 0 Å². The zero-order valence-electron chi connectivity index (χ0n) is 14.6. The van der Waals surface area contributed by atoms with Crippen molar-refractivity contribution in [2.75, 3.05) is 26.2 Å². The zero-order chi connectivity index (χ0) is 17.5. The number of β-amino-alcohol motifs (C(OH)–C–C–N with tert-alkyl or cyclic N) is 1. The lowest BCUT2D eigenvalue weighted by atomic mass is 10.1. The van der Waals surface area contributed by atoms with Gasteiger partial charge in [0.05, 0.1) is 6.10 Å². The first-order chi connectivity index (χ1) is 12.2. The topological polar surface area (TPSA) is 57.5 Å². The number of piperidine rings is 1. The summed E-state index contributed by atoms with van der Waals surface area (Å²) in [6.07, 6.45) is 6.75. The summed E-state index contributed by atoms with van der Waals surface area (Å²) in [5.41, 5.74) is 1.88. The van der Waals surface area contributed by atoms with E-state index < -0.39 is 0 Å². The Balaban J connectivity index is 1.39. The molecule has 134 valence electrons. The van der Waals surface area contributed by atoms with Crippen LogP contribution in [0, 0.1) is 0 Å². The van der Waals surface area contributed by atoms with Crippen LogP contribution in [0.2, 0.25) is 0 Å². The molecule has 1 atom stereocenters. The molecule has 5 heteroatoms. The van der Waals surface area contributed by atoms with Crippen molar-refractivity contribution in [2.24, 2.45) is 0 Å². The van der Waals surface area contributed by atoms with Gasteiger partial charge in [-0.15, -0.1) is 0 Å². The van der Waals surface area contributed by atoms with Gasteiger partial charge in [-0.05, 0) is 62.2 Å². The van der Waals surface area contributed by atoms with E-state index in [1.165, 1.54) is 5.56 Å². The fourth-order valence-corrected chi connectivity index (χ4v) is 3.29. The molecule has 0 saturated carbocycles. The Morgan fingerprint density at radius 2 is 1.96 bits per heavy atom. The van der Waals surface area contributed by atoms with E-state index in [0.717, 1.165) is 45.4 Å². The molecule has 25 heavy (non-hydrogen) atoms. The summed E-state index contributed by atoms with van der Waals surface area (Å²) < 4.78 is 2.10. The Kier molecular flexibility index (Phi) is 6.25. The van der Waals surface area contributed by atoms with Crippen molar-refractivity contribution in [2.45, 2.75) is 31.9 Å². The lowest BCUT2D eigenvalue weighted by molar-refractivity contribution is 0.0697. The highest BCUT2D eigenvalue weighted by molar-refractivity contribution is 5.94. The largest absolute Gasteiger partial charge is 0.392 e. The quantitative estimate of drug-likeness (QED) is 0.759. The van der Waals surface area contributed by atoms with E-state index in [9.17, 15) is 9.90 Å². The molecule has 1 fully saturated rings. The summed E-state index contributed by atoms with van der Waals surface area (Å²) in [4.78, 5) is 14.5. The van der Waals surface area contributed by atoms with Crippen molar-refractivity contribution in [1.29, 1.82) is 0 Å². The van der Waals surface area contributed by atoms with Crippen LogP contribution >= 0.6 is 0 Å². The molecular weight excluding hydrogens is 314 g/mol. The fourth-order valence-electron chi connectivity index (χ4n) is 3.29. The number of aromatic nitrogens is 1. The van der Waals surface area contributed by atoms with Gasteiger partial charge in [-0.25, -0.2) is 0 Å². The second-order valence-corrected chi connectivity index (χ2v) is 6.76. The lowest BCUT2D eigenvalue weighted by Gasteiger charge is -2.29. The Morgan fingerprint density at radius 3 is 2.68 bits per heavy atom. The molecule has 0 bridgehead atoms. The van der Waals surface area contributed by atoms with Crippen molar-refractivity contribution >= 4 is 5.91 Å². The third-order valence-corrected chi connectivity index (χ3v) is 4.66. The molecule has 1 aromatic heterocycles. The lowest BCUT2D eigenvalue weighted by Crippen LogP contribution is -2.39. The van der Waals surface area contributed by atoms with Crippen LogP contribution in [0.4, 0.5) is 0 Å². The van der Waals surface area contributed by atoms with Gasteiger partial charge in [0.15, 0.2) is 0 Å². The smallest absolute Gasteiger partial charge is 0.251 e. The molecule has 0 spiro atoms. The molecule has 1 amide bonds. The van der Waals surface area contributed by atoms with Crippen molar-refractivity contribution in [3.8, 4) is 0 Å². The first-order valence-electron chi connectivity index (χ1n) is 9.09. The molecular formula is C20H27N3O2. The number of aliphatic hydroxyl groups is 1. The maximum absolute atomic E-state index is 12.2. The van der Waals surface area contributed by atoms with Gasteiger partial charge in [-0.1, -0.05) is 12.1 Å². The summed E-state index contributed by atoms with van der Waals surface area (Å²) in [5, 5.41) is 12.6. The second-order valence-electron chi connectivity index (χ2n) is 6.76. The number of hydrogen-bond donors (Lipinski definition) is 2. The molecule has 3 rings (SSSR count). The van der Waals surface area contributed by atoms with Gasteiger partial charge in [0.25, 0.3) is 5.91 Å². The molecule has 5 nitrogen and oxygen atoms in total. The maximum atomic E-state index is 12.2. The fraction of sp³-hybridized carbons (Fsp3) is 0.450. The predicted octanol–water partition coefficient (Wildman–Crippen LogP) is 2.11. The number of likely N-dealkylation sites (tertiary alicyclic amines) is 1. The van der Waals surface area contributed by atoms with Crippen molar-refractivity contribution in [3.63, 3.8) is 0 Å².